The molecule has 4 nitrogen and oxygen atoms in total. The predicted molar refractivity (Wildman–Crippen MR) is 51.4 cm³/mol. The lowest BCUT2D eigenvalue weighted by atomic mass is 10.2. The molecule has 1 atom stereocenters. The number of hydrogen-bond acceptors (Lipinski definition) is 4. The van der Waals surface area contributed by atoms with Gasteiger partial charge in [0.1, 0.15) is 0 Å². The Labute approximate surface area is 80.0 Å². The largest absolute Gasteiger partial charge is 0.318 e. The van der Waals surface area contributed by atoms with Crippen LogP contribution in [0.15, 0.2) is 23.2 Å². The number of rotatable bonds is 2. The molecule has 0 saturated carbocycles. The Balaban J connectivity index is 2.28. The van der Waals surface area contributed by atoms with Crippen LogP contribution in [-0.4, -0.2) is 14.8 Å². The van der Waals surface area contributed by atoms with Crippen molar-refractivity contribution >= 4 is 11.3 Å². The Kier molecular flexibility index (Phi) is 2.12. The topological polar surface area (TPSA) is 56.7 Å². The van der Waals surface area contributed by atoms with Crippen molar-refractivity contribution in [3.8, 4) is 0 Å². The lowest BCUT2D eigenvalue weighted by Crippen LogP contribution is -2.13. The van der Waals surface area contributed by atoms with E-state index in [0.717, 1.165) is 11.4 Å². The van der Waals surface area contributed by atoms with Crippen LogP contribution in [0.2, 0.25) is 0 Å². The fourth-order valence-electron chi connectivity index (χ4n) is 1.13. The normalized spacial score (nSPS) is 13.1. The Hall–Kier alpha value is -1.20. The highest BCUT2D eigenvalue weighted by molar-refractivity contribution is 7.07. The second-order valence-electron chi connectivity index (χ2n) is 2.81. The maximum Gasteiger partial charge on any atom is 0.0927 e. The van der Waals surface area contributed by atoms with Gasteiger partial charge in [0.25, 0.3) is 0 Å². The van der Waals surface area contributed by atoms with Gasteiger partial charge in [-0.1, -0.05) is 0 Å². The zero-order valence-corrected chi connectivity index (χ0v) is 8.03. The third-order valence-electron chi connectivity index (χ3n) is 1.82. The molecule has 0 aliphatic carbocycles. The Morgan fingerprint density at radius 3 is 2.92 bits per heavy atom. The Bertz CT molecular complexity index is 379. The first-order valence-electron chi connectivity index (χ1n) is 3.90. The van der Waals surface area contributed by atoms with Crippen molar-refractivity contribution in [1.29, 1.82) is 0 Å². The molecule has 5 heteroatoms. The van der Waals surface area contributed by atoms with E-state index in [1.165, 1.54) is 0 Å². The third kappa shape index (κ3) is 1.61. The van der Waals surface area contributed by atoms with Gasteiger partial charge in [-0.2, -0.15) is 5.10 Å². The summed E-state index contributed by atoms with van der Waals surface area (Å²) in [6.07, 6.45) is 1.88. The van der Waals surface area contributed by atoms with Crippen LogP contribution in [0.4, 0.5) is 0 Å². The first-order chi connectivity index (χ1) is 6.27. The van der Waals surface area contributed by atoms with E-state index in [9.17, 15) is 0 Å². The summed E-state index contributed by atoms with van der Waals surface area (Å²) >= 11 is 1.54. The fraction of sp³-hybridized carbons (Fsp3) is 0.250. The second-order valence-corrected chi connectivity index (χ2v) is 3.52. The van der Waals surface area contributed by atoms with Gasteiger partial charge in [0.05, 0.1) is 22.9 Å². The molecule has 0 aliphatic rings. The molecule has 0 saturated heterocycles. The van der Waals surface area contributed by atoms with Crippen LogP contribution in [0, 0.1) is 0 Å². The molecular formula is C8H10N4S. The molecule has 2 N–H and O–H groups in total. The van der Waals surface area contributed by atoms with Crippen LogP contribution in [0.25, 0.3) is 0 Å². The van der Waals surface area contributed by atoms with Gasteiger partial charge in [0, 0.05) is 18.6 Å². The minimum atomic E-state index is -0.201. The molecule has 2 heterocycles. The average molecular weight is 194 g/mol. The first kappa shape index (κ1) is 8.40. The molecule has 2 aromatic heterocycles. The van der Waals surface area contributed by atoms with E-state index in [2.05, 4.69) is 10.1 Å². The third-order valence-corrected chi connectivity index (χ3v) is 2.43. The minimum absolute atomic E-state index is 0.201. The number of nitrogens with two attached hydrogens (primary N) is 1. The SMILES string of the molecule is Cn1ccc(C(N)c2cscn2)n1. The first-order valence-corrected chi connectivity index (χ1v) is 4.85. The summed E-state index contributed by atoms with van der Waals surface area (Å²) in [6, 6.07) is 1.71. The van der Waals surface area contributed by atoms with Gasteiger partial charge in [-0.25, -0.2) is 4.98 Å². The molecule has 0 fully saturated rings. The van der Waals surface area contributed by atoms with Gasteiger partial charge < -0.3 is 5.73 Å². The van der Waals surface area contributed by atoms with Gasteiger partial charge >= 0.3 is 0 Å². The van der Waals surface area contributed by atoms with Gasteiger partial charge in [0.15, 0.2) is 0 Å². The van der Waals surface area contributed by atoms with Crippen LogP contribution in [-0.2, 0) is 7.05 Å². The van der Waals surface area contributed by atoms with E-state index in [1.54, 1.807) is 21.5 Å². The Morgan fingerprint density at radius 2 is 2.38 bits per heavy atom. The van der Waals surface area contributed by atoms with Gasteiger partial charge in [-0.15, -0.1) is 11.3 Å². The summed E-state index contributed by atoms with van der Waals surface area (Å²) in [5.41, 5.74) is 9.45. The molecule has 0 amide bonds. The zero-order chi connectivity index (χ0) is 9.26. The van der Waals surface area contributed by atoms with Gasteiger partial charge in [0.2, 0.25) is 0 Å². The summed E-state index contributed by atoms with van der Waals surface area (Å²) in [5, 5.41) is 6.17. The summed E-state index contributed by atoms with van der Waals surface area (Å²) in [7, 11) is 1.87. The second kappa shape index (κ2) is 3.27. The van der Waals surface area contributed by atoms with Crippen LogP contribution in [0.5, 0.6) is 0 Å². The number of thiazole rings is 1. The van der Waals surface area contributed by atoms with Crippen molar-refractivity contribution in [2.45, 2.75) is 6.04 Å². The van der Waals surface area contributed by atoms with E-state index < -0.39 is 0 Å². The number of nitrogens with zero attached hydrogens (tertiary/aromatic N) is 3. The molecule has 0 bridgehead atoms. The van der Waals surface area contributed by atoms with Crippen molar-refractivity contribution in [2.24, 2.45) is 12.8 Å². The quantitative estimate of drug-likeness (QED) is 0.773. The monoisotopic (exact) mass is 194 g/mol. The van der Waals surface area contributed by atoms with Crippen molar-refractivity contribution in [1.82, 2.24) is 14.8 Å². The van der Waals surface area contributed by atoms with E-state index in [4.69, 9.17) is 5.73 Å². The van der Waals surface area contributed by atoms with Crippen molar-refractivity contribution in [2.75, 3.05) is 0 Å². The summed E-state index contributed by atoms with van der Waals surface area (Å²) in [5.74, 6) is 0. The highest BCUT2D eigenvalue weighted by atomic mass is 32.1. The summed E-state index contributed by atoms with van der Waals surface area (Å²) in [4.78, 5) is 4.15. The fourth-order valence-corrected chi connectivity index (χ4v) is 1.72. The van der Waals surface area contributed by atoms with Gasteiger partial charge in [-0.3, -0.25) is 4.68 Å². The van der Waals surface area contributed by atoms with Crippen molar-refractivity contribution in [3.63, 3.8) is 0 Å². The van der Waals surface area contributed by atoms with Crippen LogP contribution >= 0.6 is 11.3 Å². The van der Waals surface area contributed by atoms with E-state index >= 15 is 0 Å². The van der Waals surface area contributed by atoms with Gasteiger partial charge in [-0.05, 0) is 6.07 Å². The molecule has 0 aromatic carbocycles. The lowest BCUT2D eigenvalue weighted by Gasteiger charge is -2.03. The zero-order valence-electron chi connectivity index (χ0n) is 7.21. The van der Waals surface area contributed by atoms with Crippen LogP contribution in [0.1, 0.15) is 17.4 Å². The molecule has 2 rings (SSSR count). The van der Waals surface area contributed by atoms with Crippen LogP contribution in [0.3, 0.4) is 0 Å². The Morgan fingerprint density at radius 1 is 1.54 bits per heavy atom. The van der Waals surface area contributed by atoms with Crippen LogP contribution < -0.4 is 5.73 Å². The highest BCUT2D eigenvalue weighted by Gasteiger charge is 2.12. The number of aryl methyl sites for hydroxylation is 1. The molecule has 2 aromatic rings. The van der Waals surface area contributed by atoms with Crippen molar-refractivity contribution < 1.29 is 0 Å². The summed E-state index contributed by atoms with van der Waals surface area (Å²) in [6.45, 7) is 0. The molecule has 0 aliphatic heterocycles. The molecule has 13 heavy (non-hydrogen) atoms. The molecular weight excluding hydrogens is 184 g/mol. The van der Waals surface area contributed by atoms with E-state index in [-0.39, 0.29) is 6.04 Å². The lowest BCUT2D eigenvalue weighted by molar-refractivity contribution is 0.709. The number of hydrogen-bond donors (Lipinski definition) is 1. The maximum absolute atomic E-state index is 5.94. The minimum Gasteiger partial charge on any atom is -0.318 e. The molecule has 0 radical (unpaired) electrons. The average Bonchev–Trinajstić information content (AvgIpc) is 2.72. The standard InChI is InChI=1S/C8H10N4S/c1-12-3-2-6(11-12)8(9)7-4-13-5-10-7/h2-5,8H,9H2,1H3. The van der Waals surface area contributed by atoms with E-state index in [0.29, 0.717) is 0 Å². The van der Waals surface area contributed by atoms with E-state index in [1.807, 2.05) is 24.7 Å². The number of aromatic nitrogens is 3. The molecule has 0 spiro atoms. The predicted octanol–water partition coefficient (Wildman–Crippen LogP) is 0.925. The summed E-state index contributed by atoms with van der Waals surface area (Å²) < 4.78 is 1.74. The molecule has 68 valence electrons. The molecule has 1 unspecified atom stereocenters. The maximum atomic E-state index is 5.94. The smallest absolute Gasteiger partial charge is 0.0927 e. The van der Waals surface area contributed by atoms with Crippen molar-refractivity contribution in [3.05, 3.63) is 34.5 Å². The highest BCUT2D eigenvalue weighted by Crippen LogP contribution is 2.16.